The molecule has 1 aromatic rings. The molecule has 1 aromatic carbocycles. The Morgan fingerprint density at radius 3 is 2.25 bits per heavy atom. The molecule has 7 heteroatoms. The maximum atomic E-state index is 13.0. The normalized spacial score (nSPS) is 12.9. The fraction of sp³-hybridized carbons (Fsp3) is 0.538. The number of hydrogen-bond acceptors (Lipinski definition) is 3. The van der Waals surface area contributed by atoms with Crippen molar-refractivity contribution >= 4 is 10.0 Å². The van der Waals surface area contributed by atoms with E-state index < -0.39 is 29.0 Å². The Morgan fingerprint density at radius 1 is 1.25 bits per heavy atom. The van der Waals surface area contributed by atoms with Gasteiger partial charge in [-0.3, -0.25) is 0 Å². The third-order valence-electron chi connectivity index (χ3n) is 2.70. The van der Waals surface area contributed by atoms with Crippen LogP contribution >= 0.6 is 0 Å². The van der Waals surface area contributed by atoms with Gasteiger partial charge < -0.3 is 5.73 Å². The quantitative estimate of drug-likeness (QED) is 0.806. The number of halogens is 2. The van der Waals surface area contributed by atoms with E-state index in [4.69, 9.17) is 5.73 Å². The second-order valence-corrected chi connectivity index (χ2v) is 6.89. The smallest absolute Gasteiger partial charge is 0.273 e. The highest BCUT2D eigenvalue weighted by molar-refractivity contribution is 7.89. The summed E-state index contributed by atoms with van der Waals surface area (Å²) in [5.41, 5.74) is 5.86. The lowest BCUT2D eigenvalue weighted by Gasteiger charge is -2.15. The van der Waals surface area contributed by atoms with Crippen LogP contribution in [0.3, 0.4) is 0 Å². The molecule has 0 amide bonds. The summed E-state index contributed by atoms with van der Waals surface area (Å²) in [6.45, 7) is 2.21. The minimum atomic E-state index is -3.93. The zero-order valence-corrected chi connectivity index (χ0v) is 12.4. The van der Waals surface area contributed by atoms with Crippen LogP contribution in [0.15, 0.2) is 29.2 Å². The Balaban J connectivity index is 2.78. The first kappa shape index (κ1) is 17.0. The lowest BCUT2D eigenvalue weighted by Crippen LogP contribution is -2.41. The monoisotopic (exact) mass is 306 g/mol. The topological polar surface area (TPSA) is 72.2 Å². The van der Waals surface area contributed by atoms with E-state index in [1.165, 1.54) is 12.1 Å². The minimum Gasteiger partial charge on any atom is -0.325 e. The highest BCUT2D eigenvalue weighted by Crippen LogP contribution is 2.15. The Bertz CT molecular complexity index is 528. The van der Waals surface area contributed by atoms with Crippen LogP contribution < -0.4 is 10.5 Å². The van der Waals surface area contributed by atoms with Crippen molar-refractivity contribution in [1.29, 1.82) is 0 Å². The first-order chi connectivity index (χ1) is 9.16. The van der Waals surface area contributed by atoms with Gasteiger partial charge in [0.15, 0.2) is 0 Å². The lowest BCUT2D eigenvalue weighted by atomic mass is 10.0. The van der Waals surface area contributed by atoms with E-state index in [2.05, 4.69) is 13.8 Å². The van der Waals surface area contributed by atoms with Crippen molar-refractivity contribution in [1.82, 2.24) is 4.72 Å². The number of sulfonamides is 1. The van der Waals surface area contributed by atoms with Gasteiger partial charge in [-0.1, -0.05) is 26.0 Å². The molecule has 3 N–H and O–H groups in total. The lowest BCUT2D eigenvalue weighted by molar-refractivity contribution is 0.0170. The maximum Gasteiger partial charge on any atom is 0.273 e. The van der Waals surface area contributed by atoms with E-state index in [1.54, 1.807) is 12.1 Å². The molecule has 0 aliphatic carbocycles. The van der Waals surface area contributed by atoms with E-state index in [9.17, 15) is 17.2 Å². The molecule has 0 aromatic heterocycles. The van der Waals surface area contributed by atoms with Gasteiger partial charge >= 0.3 is 0 Å². The van der Waals surface area contributed by atoms with Gasteiger partial charge in [0.05, 0.1) is 18.0 Å². The van der Waals surface area contributed by atoms with Crippen molar-refractivity contribution in [3.8, 4) is 0 Å². The average molecular weight is 306 g/mol. The molecule has 0 saturated carbocycles. The van der Waals surface area contributed by atoms with Crippen molar-refractivity contribution in [2.75, 3.05) is 13.1 Å². The molecule has 0 aliphatic rings. The van der Waals surface area contributed by atoms with Crippen LogP contribution in [-0.2, 0) is 16.4 Å². The number of nitrogens with two attached hydrogens (primary N) is 1. The maximum absolute atomic E-state index is 13.0. The zero-order chi connectivity index (χ0) is 15.4. The van der Waals surface area contributed by atoms with Crippen LogP contribution in [0.5, 0.6) is 0 Å². The van der Waals surface area contributed by atoms with Crippen LogP contribution in [-0.4, -0.2) is 27.4 Å². The standard InChI is InChI=1S/C13H20F2N2O2S/c1-10(2)7-11-3-5-12(6-4-11)20(18,19)17-9-13(14,15)8-16/h3-6,10,17H,7-9,16H2,1-2H3. The molecule has 1 rings (SSSR count). The summed E-state index contributed by atoms with van der Waals surface area (Å²) >= 11 is 0. The highest BCUT2D eigenvalue weighted by atomic mass is 32.2. The number of nitrogens with one attached hydrogen (secondary N) is 1. The SMILES string of the molecule is CC(C)Cc1ccc(S(=O)(=O)NCC(F)(F)CN)cc1. The summed E-state index contributed by atoms with van der Waals surface area (Å²) in [5.74, 6) is -2.79. The Morgan fingerprint density at radius 2 is 1.80 bits per heavy atom. The molecule has 0 saturated heterocycles. The highest BCUT2D eigenvalue weighted by Gasteiger charge is 2.29. The Labute approximate surface area is 118 Å². The van der Waals surface area contributed by atoms with Crippen molar-refractivity contribution in [2.45, 2.75) is 31.1 Å². The molecule has 114 valence electrons. The summed E-state index contributed by atoms with van der Waals surface area (Å²) < 4.78 is 51.5. The largest absolute Gasteiger partial charge is 0.325 e. The average Bonchev–Trinajstić information content (AvgIpc) is 2.37. The minimum absolute atomic E-state index is 0.0298. The third kappa shape index (κ3) is 5.15. The van der Waals surface area contributed by atoms with E-state index in [0.29, 0.717) is 5.92 Å². The molecule has 0 heterocycles. The Kier molecular flexibility index (Phi) is 5.61. The van der Waals surface area contributed by atoms with Crippen LogP contribution in [0.4, 0.5) is 8.78 Å². The molecule has 0 spiro atoms. The summed E-state index contributed by atoms with van der Waals surface area (Å²) in [7, 11) is -3.93. The first-order valence-electron chi connectivity index (χ1n) is 6.33. The summed E-state index contributed by atoms with van der Waals surface area (Å²) in [6.07, 6.45) is 0.832. The van der Waals surface area contributed by atoms with Crippen LogP contribution in [0.2, 0.25) is 0 Å². The molecule has 0 bridgehead atoms. The van der Waals surface area contributed by atoms with Crippen LogP contribution in [0, 0.1) is 5.92 Å². The van der Waals surface area contributed by atoms with Gasteiger partial charge in [0.1, 0.15) is 0 Å². The van der Waals surface area contributed by atoms with Gasteiger partial charge in [0, 0.05) is 0 Å². The van der Waals surface area contributed by atoms with Crippen LogP contribution in [0.1, 0.15) is 19.4 Å². The molecule has 0 atom stereocenters. The van der Waals surface area contributed by atoms with E-state index in [-0.39, 0.29) is 4.90 Å². The van der Waals surface area contributed by atoms with Crippen molar-refractivity contribution in [3.05, 3.63) is 29.8 Å². The van der Waals surface area contributed by atoms with Gasteiger partial charge in [-0.15, -0.1) is 0 Å². The van der Waals surface area contributed by atoms with Gasteiger partial charge in [-0.2, -0.15) is 0 Å². The molecule has 0 unspecified atom stereocenters. The number of hydrogen-bond donors (Lipinski definition) is 2. The molecule has 0 fully saturated rings. The zero-order valence-electron chi connectivity index (χ0n) is 11.6. The fourth-order valence-corrected chi connectivity index (χ4v) is 2.69. The van der Waals surface area contributed by atoms with Crippen LogP contribution in [0.25, 0.3) is 0 Å². The van der Waals surface area contributed by atoms with Gasteiger partial charge in [0.2, 0.25) is 10.0 Å². The summed E-state index contributed by atoms with van der Waals surface area (Å²) in [5, 5.41) is 0. The molecule has 20 heavy (non-hydrogen) atoms. The fourth-order valence-electron chi connectivity index (χ4n) is 1.63. The van der Waals surface area contributed by atoms with E-state index in [1.807, 2.05) is 4.72 Å². The molecule has 0 radical (unpaired) electrons. The van der Waals surface area contributed by atoms with Crippen molar-refractivity contribution < 1.29 is 17.2 Å². The molecule has 4 nitrogen and oxygen atoms in total. The molecular formula is C13H20F2N2O2S. The summed E-state index contributed by atoms with van der Waals surface area (Å²) in [6, 6.07) is 6.21. The van der Waals surface area contributed by atoms with Gasteiger partial charge in [-0.05, 0) is 30.0 Å². The van der Waals surface area contributed by atoms with Crippen molar-refractivity contribution in [2.24, 2.45) is 11.7 Å². The number of benzene rings is 1. The number of rotatable bonds is 7. The predicted molar refractivity (Wildman–Crippen MR) is 74.2 cm³/mol. The van der Waals surface area contributed by atoms with Gasteiger partial charge in [-0.25, -0.2) is 21.9 Å². The van der Waals surface area contributed by atoms with E-state index in [0.717, 1.165) is 12.0 Å². The Hall–Kier alpha value is -1.05. The third-order valence-corrected chi connectivity index (χ3v) is 4.11. The predicted octanol–water partition coefficient (Wildman–Crippen LogP) is 1.76. The van der Waals surface area contributed by atoms with Crippen molar-refractivity contribution in [3.63, 3.8) is 0 Å². The van der Waals surface area contributed by atoms with E-state index >= 15 is 0 Å². The first-order valence-corrected chi connectivity index (χ1v) is 7.81. The molecule has 0 aliphatic heterocycles. The second kappa shape index (κ2) is 6.60. The molecular weight excluding hydrogens is 286 g/mol. The van der Waals surface area contributed by atoms with Gasteiger partial charge in [0.25, 0.3) is 5.92 Å². The summed E-state index contributed by atoms with van der Waals surface area (Å²) in [4.78, 5) is -0.0298. The second-order valence-electron chi connectivity index (χ2n) is 5.13. The number of alkyl halides is 2.